The van der Waals surface area contributed by atoms with Crippen LogP contribution in [0.1, 0.15) is 63.1 Å². The molecule has 0 radical (unpaired) electrons. The zero-order valence-electron chi connectivity index (χ0n) is 19.9. The molecule has 8 nitrogen and oxygen atoms in total. The molecule has 0 unspecified atom stereocenters. The normalized spacial score (nSPS) is 10.7. The summed E-state index contributed by atoms with van der Waals surface area (Å²) in [5, 5.41) is 0. The molecule has 2 aromatic rings. The summed E-state index contributed by atoms with van der Waals surface area (Å²) in [6, 6.07) is 10.4. The molecule has 0 saturated heterocycles. The van der Waals surface area contributed by atoms with Crippen LogP contribution in [0.2, 0.25) is 0 Å². The summed E-state index contributed by atoms with van der Waals surface area (Å²) in [6.07, 6.45) is 4.24. The van der Waals surface area contributed by atoms with E-state index in [1.165, 1.54) is 7.11 Å². The van der Waals surface area contributed by atoms with Crippen LogP contribution in [0.5, 0.6) is 5.75 Å². The van der Waals surface area contributed by atoms with Crippen molar-refractivity contribution in [3.05, 3.63) is 64.2 Å². The van der Waals surface area contributed by atoms with Crippen molar-refractivity contribution in [2.75, 3.05) is 27.4 Å². The second-order valence-electron chi connectivity index (χ2n) is 7.71. The summed E-state index contributed by atoms with van der Waals surface area (Å²) in [7, 11) is 3.16. The zero-order valence-corrected chi connectivity index (χ0v) is 19.9. The number of ether oxygens (including phenoxy) is 2. The Hall–Kier alpha value is -2.94. The molecule has 180 valence electrons. The summed E-state index contributed by atoms with van der Waals surface area (Å²) >= 11 is 0. The molecule has 0 heterocycles. The van der Waals surface area contributed by atoms with Gasteiger partial charge in [0.2, 0.25) is 0 Å². The number of benzene rings is 2. The van der Waals surface area contributed by atoms with Crippen LogP contribution in [-0.4, -0.2) is 39.2 Å². The molecule has 33 heavy (non-hydrogen) atoms. The van der Waals surface area contributed by atoms with Crippen molar-refractivity contribution in [2.24, 2.45) is 0 Å². The molecule has 0 atom stereocenters. The van der Waals surface area contributed by atoms with Gasteiger partial charge < -0.3 is 9.47 Å². The standard InChI is InChI=1S/C25H34N2O6/c1-18-16-23(19(2)15-21(18)17-33-31-4)25(29)27-26-24(28)20-9-11-22(12-10-20)32-14-8-6-5-7-13-30-3/h9-12,15-16H,5-8,13-14,17H2,1-4H3,(H,26,28)(H,27,29). The number of aryl methyl sites for hydroxylation is 2. The summed E-state index contributed by atoms with van der Waals surface area (Å²) < 4.78 is 10.7. The third-order valence-corrected chi connectivity index (χ3v) is 5.18. The highest BCUT2D eigenvalue weighted by atomic mass is 17.2. The molecule has 0 aliphatic rings. The topological polar surface area (TPSA) is 95.1 Å². The molecule has 2 amide bonds. The number of amides is 2. The summed E-state index contributed by atoms with van der Waals surface area (Å²) in [6.45, 7) is 5.42. The average Bonchev–Trinajstić information content (AvgIpc) is 2.82. The SMILES string of the molecule is COCCCCCCOc1ccc(C(=O)NNC(=O)c2cc(C)c(COOC)cc2C)cc1. The number of hydrazine groups is 1. The Labute approximate surface area is 195 Å². The number of carbonyl (C=O) groups is 2. The average molecular weight is 459 g/mol. The number of hydrogen-bond donors (Lipinski definition) is 2. The fourth-order valence-electron chi connectivity index (χ4n) is 3.25. The minimum absolute atomic E-state index is 0.288. The number of methoxy groups -OCH3 is 1. The van der Waals surface area contributed by atoms with Crippen LogP contribution < -0.4 is 15.6 Å². The van der Waals surface area contributed by atoms with Gasteiger partial charge in [-0.25, -0.2) is 9.78 Å². The highest BCUT2D eigenvalue weighted by molar-refractivity contribution is 6.00. The van der Waals surface area contributed by atoms with Gasteiger partial charge in [0.1, 0.15) is 12.4 Å². The lowest BCUT2D eigenvalue weighted by Gasteiger charge is -2.13. The first kappa shape index (κ1) is 26.3. The summed E-state index contributed by atoms with van der Waals surface area (Å²) in [5.74, 6) is -0.0998. The molecular weight excluding hydrogens is 424 g/mol. The lowest BCUT2D eigenvalue weighted by atomic mass is 10.00. The molecule has 0 spiro atoms. The maximum Gasteiger partial charge on any atom is 0.269 e. The van der Waals surface area contributed by atoms with Gasteiger partial charge in [0.15, 0.2) is 0 Å². The predicted molar refractivity (Wildman–Crippen MR) is 125 cm³/mol. The van der Waals surface area contributed by atoms with E-state index < -0.39 is 11.8 Å². The Morgan fingerprint density at radius 3 is 2.15 bits per heavy atom. The number of rotatable bonds is 13. The molecule has 2 aromatic carbocycles. The second-order valence-corrected chi connectivity index (χ2v) is 7.71. The Balaban J connectivity index is 1.81. The van der Waals surface area contributed by atoms with Gasteiger partial charge in [-0.05, 0) is 80.1 Å². The minimum atomic E-state index is -0.410. The highest BCUT2D eigenvalue weighted by Gasteiger charge is 2.14. The molecule has 0 bridgehead atoms. The van der Waals surface area contributed by atoms with Gasteiger partial charge in [0.05, 0.1) is 13.7 Å². The number of unbranched alkanes of at least 4 members (excludes halogenated alkanes) is 3. The molecule has 0 aliphatic heterocycles. The van der Waals surface area contributed by atoms with Crippen molar-refractivity contribution in [2.45, 2.75) is 46.1 Å². The van der Waals surface area contributed by atoms with Gasteiger partial charge >= 0.3 is 0 Å². The Kier molecular flexibility index (Phi) is 11.4. The van der Waals surface area contributed by atoms with E-state index in [9.17, 15) is 9.59 Å². The van der Waals surface area contributed by atoms with Crippen molar-refractivity contribution in [3.8, 4) is 5.75 Å². The van der Waals surface area contributed by atoms with Crippen molar-refractivity contribution >= 4 is 11.8 Å². The van der Waals surface area contributed by atoms with Crippen LogP contribution >= 0.6 is 0 Å². The Morgan fingerprint density at radius 2 is 1.48 bits per heavy atom. The van der Waals surface area contributed by atoms with E-state index in [0.717, 1.165) is 49.0 Å². The first-order valence-electron chi connectivity index (χ1n) is 11.0. The number of nitrogens with one attached hydrogen (secondary N) is 2. The molecule has 2 N–H and O–H groups in total. The van der Waals surface area contributed by atoms with Gasteiger partial charge in [-0.1, -0.05) is 12.5 Å². The minimum Gasteiger partial charge on any atom is -0.494 e. The van der Waals surface area contributed by atoms with Crippen LogP contribution in [-0.2, 0) is 21.1 Å². The second kappa shape index (κ2) is 14.3. The van der Waals surface area contributed by atoms with E-state index in [2.05, 4.69) is 15.7 Å². The van der Waals surface area contributed by atoms with E-state index >= 15 is 0 Å². The van der Waals surface area contributed by atoms with Crippen molar-refractivity contribution in [3.63, 3.8) is 0 Å². The van der Waals surface area contributed by atoms with Crippen LogP contribution in [0.4, 0.5) is 0 Å². The molecule has 0 saturated carbocycles. The first-order chi connectivity index (χ1) is 16.0. The molecular formula is C25H34N2O6. The van der Waals surface area contributed by atoms with Crippen molar-refractivity contribution < 1.29 is 28.8 Å². The maximum absolute atomic E-state index is 12.6. The zero-order chi connectivity index (χ0) is 24.1. The Bertz CT molecular complexity index is 899. The van der Waals surface area contributed by atoms with E-state index in [-0.39, 0.29) is 6.61 Å². The fraction of sp³-hybridized carbons (Fsp3) is 0.440. The van der Waals surface area contributed by atoms with Gasteiger partial charge in [0, 0.05) is 24.8 Å². The van der Waals surface area contributed by atoms with E-state index in [1.54, 1.807) is 37.4 Å². The lowest BCUT2D eigenvalue weighted by molar-refractivity contribution is -0.282. The Morgan fingerprint density at radius 1 is 0.818 bits per heavy atom. The third kappa shape index (κ3) is 8.84. The van der Waals surface area contributed by atoms with Gasteiger partial charge in [-0.2, -0.15) is 0 Å². The van der Waals surface area contributed by atoms with Crippen LogP contribution in [0.15, 0.2) is 36.4 Å². The molecule has 0 fully saturated rings. The molecule has 2 rings (SSSR count). The number of carbonyl (C=O) groups excluding carboxylic acids is 2. The predicted octanol–water partition coefficient (Wildman–Crippen LogP) is 4.04. The summed E-state index contributed by atoms with van der Waals surface area (Å²) in [5.41, 5.74) is 8.39. The quantitative estimate of drug-likeness (QED) is 0.267. The largest absolute Gasteiger partial charge is 0.494 e. The molecule has 0 aromatic heterocycles. The van der Waals surface area contributed by atoms with Crippen molar-refractivity contribution in [1.82, 2.24) is 10.9 Å². The monoisotopic (exact) mass is 458 g/mol. The van der Waals surface area contributed by atoms with Crippen LogP contribution in [0.25, 0.3) is 0 Å². The fourth-order valence-corrected chi connectivity index (χ4v) is 3.25. The van der Waals surface area contributed by atoms with Gasteiger partial charge in [-0.15, -0.1) is 0 Å². The van der Waals surface area contributed by atoms with E-state index in [0.29, 0.717) is 23.5 Å². The van der Waals surface area contributed by atoms with Gasteiger partial charge in [-0.3, -0.25) is 20.4 Å². The summed E-state index contributed by atoms with van der Waals surface area (Å²) in [4.78, 5) is 34.5. The highest BCUT2D eigenvalue weighted by Crippen LogP contribution is 2.17. The van der Waals surface area contributed by atoms with Crippen LogP contribution in [0.3, 0.4) is 0 Å². The smallest absolute Gasteiger partial charge is 0.269 e. The molecule has 8 heteroatoms. The van der Waals surface area contributed by atoms with E-state index in [1.807, 2.05) is 19.9 Å². The molecule has 0 aliphatic carbocycles. The lowest BCUT2D eigenvalue weighted by Crippen LogP contribution is -2.41. The first-order valence-corrected chi connectivity index (χ1v) is 11.0. The third-order valence-electron chi connectivity index (χ3n) is 5.18. The van der Waals surface area contributed by atoms with E-state index in [4.69, 9.17) is 14.4 Å². The maximum atomic E-state index is 12.6. The van der Waals surface area contributed by atoms with Crippen LogP contribution in [0, 0.1) is 13.8 Å². The number of hydrogen-bond acceptors (Lipinski definition) is 6. The van der Waals surface area contributed by atoms with Crippen molar-refractivity contribution in [1.29, 1.82) is 0 Å². The van der Waals surface area contributed by atoms with Gasteiger partial charge in [0.25, 0.3) is 11.8 Å².